The van der Waals surface area contributed by atoms with E-state index in [2.05, 4.69) is 60.6 Å². The molecule has 1 aromatic rings. The number of hydrogen-bond acceptors (Lipinski definition) is 0. The second-order valence-corrected chi connectivity index (χ2v) is 9.72. The predicted molar refractivity (Wildman–Crippen MR) is 92.7 cm³/mol. The second-order valence-electron chi connectivity index (χ2n) is 9.72. The Balaban J connectivity index is 2.34. The third kappa shape index (κ3) is 2.44. The first-order chi connectivity index (χ1) is 10.4. The monoisotopic (exact) mass is 320 g/mol. The molecular formula is C21H30F2. The molecule has 0 heterocycles. The second kappa shape index (κ2) is 4.80. The lowest BCUT2D eigenvalue weighted by molar-refractivity contribution is -0.0137. The zero-order valence-corrected chi connectivity index (χ0v) is 15.6. The van der Waals surface area contributed by atoms with Gasteiger partial charge in [0, 0.05) is 6.42 Å². The van der Waals surface area contributed by atoms with Crippen LogP contribution in [0, 0.1) is 5.92 Å². The van der Waals surface area contributed by atoms with Crippen molar-refractivity contribution in [3.63, 3.8) is 0 Å². The molecule has 2 aliphatic carbocycles. The Morgan fingerprint density at radius 3 is 1.87 bits per heavy atom. The molecule has 0 bridgehead atoms. The summed E-state index contributed by atoms with van der Waals surface area (Å²) in [4.78, 5) is 0. The maximum Gasteiger partial charge on any atom is 0.255 e. The van der Waals surface area contributed by atoms with Crippen LogP contribution in [-0.2, 0) is 10.8 Å². The van der Waals surface area contributed by atoms with E-state index >= 15 is 0 Å². The molecule has 2 aliphatic rings. The number of hydrogen-bond donors (Lipinski definition) is 0. The number of halogens is 2. The fourth-order valence-electron chi connectivity index (χ4n) is 4.94. The maximum atomic E-state index is 14.7. The number of alkyl halides is 2. The normalized spacial score (nSPS) is 29.5. The molecule has 0 radical (unpaired) electrons. The zero-order chi connectivity index (χ0) is 17.4. The molecule has 0 saturated heterocycles. The van der Waals surface area contributed by atoms with Gasteiger partial charge in [0.2, 0.25) is 0 Å². The average molecular weight is 320 g/mol. The van der Waals surface area contributed by atoms with Gasteiger partial charge in [0.25, 0.3) is 5.92 Å². The van der Waals surface area contributed by atoms with Crippen LogP contribution in [0.1, 0.15) is 95.4 Å². The molecule has 0 N–H and O–H groups in total. The van der Waals surface area contributed by atoms with E-state index in [1.165, 1.54) is 11.1 Å². The van der Waals surface area contributed by atoms with Crippen LogP contribution < -0.4 is 0 Å². The molecule has 0 spiro atoms. The van der Waals surface area contributed by atoms with Crippen LogP contribution >= 0.6 is 0 Å². The fraction of sp³-hybridized carbons (Fsp3) is 0.714. The summed E-state index contributed by atoms with van der Waals surface area (Å²) in [5, 5.41) is 0. The summed E-state index contributed by atoms with van der Waals surface area (Å²) in [5.74, 6) is -2.80. The van der Waals surface area contributed by atoms with Gasteiger partial charge in [0.1, 0.15) is 0 Å². The summed E-state index contributed by atoms with van der Waals surface area (Å²) in [6, 6.07) is 4.33. The van der Waals surface area contributed by atoms with Gasteiger partial charge in [-0.1, -0.05) is 60.6 Å². The first-order valence-electron chi connectivity index (χ1n) is 8.91. The van der Waals surface area contributed by atoms with Crippen LogP contribution in [0.4, 0.5) is 8.78 Å². The summed E-state index contributed by atoms with van der Waals surface area (Å²) in [5.41, 5.74) is 4.50. The van der Waals surface area contributed by atoms with E-state index in [0.717, 1.165) is 11.1 Å². The summed E-state index contributed by atoms with van der Waals surface area (Å²) >= 11 is 0. The van der Waals surface area contributed by atoms with Crippen LogP contribution in [0.15, 0.2) is 12.1 Å². The Kier molecular flexibility index (Phi) is 3.53. The third-order valence-electron chi connectivity index (χ3n) is 6.01. The average Bonchev–Trinajstić information content (AvgIpc) is 2.84. The van der Waals surface area contributed by atoms with E-state index in [4.69, 9.17) is 0 Å². The van der Waals surface area contributed by atoms with E-state index in [1.807, 2.05) is 0 Å². The van der Waals surface area contributed by atoms with Gasteiger partial charge < -0.3 is 0 Å². The van der Waals surface area contributed by atoms with Gasteiger partial charge in [-0.25, -0.2) is 8.78 Å². The highest BCUT2D eigenvalue weighted by Crippen LogP contribution is 2.63. The van der Waals surface area contributed by atoms with Crippen molar-refractivity contribution in [3.05, 3.63) is 34.4 Å². The topological polar surface area (TPSA) is 0 Å². The van der Waals surface area contributed by atoms with E-state index in [1.54, 1.807) is 0 Å². The Hall–Kier alpha value is -0.920. The standard InChI is InChI=1S/C21H30F2/c1-12-13-10-11-21(22,23)18(13)17-15(20(5,6)7)9-8-14(16(12)17)19(2,3)4/h8-9,12-13,18H,10-11H2,1-7H3. The Morgan fingerprint density at radius 2 is 1.39 bits per heavy atom. The van der Waals surface area contributed by atoms with E-state index < -0.39 is 11.8 Å². The highest BCUT2D eigenvalue weighted by molar-refractivity contribution is 5.55. The lowest BCUT2D eigenvalue weighted by Crippen LogP contribution is -2.26. The molecule has 2 heteroatoms. The summed E-state index contributed by atoms with van der Waals surface area (Å²) in [6.07, 6.45) is 0.704. The molecule has 1 saturated carbocycles. The number of benzene rings is 1. The molecule has 3 atom stereocenters. The minimum atomic E-state index is -2.55. The molecule has 0 aromatic heterocycles. The first-order valence-corrected chi connectivity index (χ1v) is 8.91. The Labute approximate surface area is 139 Å². The van der Waals surface area contributed by atoms with Crippen molar-refractivity contribution in [3.8, 4) is 0 Å². The van der Waals surface area contributed by atoms with Crippen LogP contribution in [0.3, 0.4) is 0 Å². The van der Waals surface area contributed by atoms with Gasteiger partial charge in [-0.2, -0.15) is 0 Å². The van der Waals surface area contributed by atoms with Gasteiger partial charge in [0.05, 0.1) is 5.92 Å². The Morgan fingerprint density at radius 1 is 0.913 bits per heavy atom. The molecule has 3 unspecified atom stereocenters. The van der Waals surface area contributed by atoms with Crippen molar-refractivity contribution < 1.29 is 8.78 Å². The summed E-state index contributed by atoms with van der Waals surface area (Å²) < 4.78 is 29.5. The molecule has 0 aliphatic heterocycles. The van der Waals surface area contributed by atoms with Crippen molar-refractivity contribution in [2.75, 3.05) is 0 Å². The third-order valence-corrected chi connectivity index (χ3v) is 6.01. The Bertz CT molecular complexity index is 628. The molecule has 128 valence electrons. The van der Waals surface area contributed by atoms with Crippen molar-refractivity contribution in [2.24, 2.45) is 5.92 Å². The molecule has 1 aromatic carbocycles. The zero-order valence-electron chi connectivity index (χ0n) is 15.6. The highest BCUT2D eigenvalue weighted by Gasteiger charge is 2.58. The van der Waals surface area contributed by atoms with Crippen LogP contribution in [0.5, 0.6) is 0 Å². The van der Waals surface area contributed by atoms with Crippen LogP contribution in [0.2, 0.25) is 0 Å². The van der Waals surface area contributed by atoms with Crippen molar-refractivity contribution in [2.45, 2.75) is 89.9 Å². The quantitative estimate of drug-likeness (QED) is 0.510. The van der Waals surface area contributed by atoms with Crippen LogP contribution in [0.25, 0.3) is 0 Å². The summed E-state index contributed by atoms with van der Waals surface area (Å²) in [7, 11) is 0. The number of fused-ring (bicyclic) bond motifs is 3. The lowest BCUT2D eigenvalue weighted by Gasteiger charge is -2.31. The largest absolute Gasteiger partial charge is 0.255 e. The van der Waals surface area contributed by atoms with Gasteiger partial charge >= 0.3 is 0 Å². The molecule has 3 rings (SSSR count). The van der Waals surface area contributed by atoms with Gasteiger partial charge in [-0.15, -0.1) is 0 Å². The van der Waals surface area contributed by atoms with Gasteiger partial charge in [-0.3, -0.25) is 0 Å². The minimum Gasteiger partial charge on any atom is -0.206 e. The van der Waals surface area contributed by atoms with E-state index in [0.29, 0.717) is 6.42 Å². The molecule has 0 amide bonds. The van der Waals surface area contributed by atoms with Gasteiger partial charge in [0.15, 0.2) is 0 Å². The number of rotatable bonds is 0. The first kappa shape index (κ1) is 16.9. The molecule has 0 nitrogen and oxygen atoms in total. The van der Waals surface area contributed by atoms with Crippen LogP contribution in [-0.4, -0.2) is 5.92 Å². The van der Waals surface area contributed by atoms with E-state index in [-0.39, 0.29) is 29.1 Å². The predicted octanol–water partition coefficient (Wildman–Crippen LogP) is 6.53. The smallest absolute Gasteiger partial charge is 0.206 e. The van der Waals surface area contributed by atoms with Gasteiger partial charge in [-0.05, 0) is 51.3 Å². The molecular weight excluding hydrogens is 290 g/mol. The molecule has 23 heavy (non-hydrogen) atoms. The molecule has 1 fully saturated rings. The fourth-order valence-corrected chi connectivity index (χ4v) is 4.94. The summed E-state index contributed by atoms with van der Waals surface area (Å²) in [6.45, 7) is 15.2. The van der Waals surface area contributed by atoms with Crippen molar-refractivity contribution >= 4 is 0 Å². The highest BCUT2D eigenvalue weighted by atomic mass is 19.3. The van der Waals surface area contributed by atoms with Crippen molar-refractivity contribution in [1.29, 1.82) is 0 Å². The minimum absolute atomic E-state index is 0.0112. The van der Waals surface area contributed by atoms with Crippen molar-refractivity contribution in [1.82, 2.24) is 0 Å². The SMILES string of the molecule is CC1c2c(C(C)(C)C)ccc(C(C)(C)C)c2C2C1CCC2(F)F. The lowest BCUT2D eigenvalue weighted by atomic mass is 9.74. The van der Waals surface area contributed by atoms with E-state index in [9.17, 15) is 8.78 Å². The maximum absolute atomic E-state index is 14.7.